The fourth-order valence-corrected chi connectivity index (χ4v) is 3.51. The van der Waals surface area contributed by atoms with Crippen LogP contribution in [0.1, 0.15) is 31.1 Å². The number of hydrogen-bond donors (Lipinski definition) is 6. The molecule has 0 aliphatic carbocycles. The molecule has 11 heteroatoms. The molecule has 37 heavy (non-hydrogen) atoms. The molecule has 0 saturated carbocycles. The first-order valence-corrected chi connectivity index (χ1v) is 11.7. The van der Waals surface area contributed by atoms with Crippen LogP contribution in [-0.2, 0) is 30.3 Å². The van der Waals surface area contributed by atoms with E-state index in [4.69, 9.17) is 10.5 Å². The summed E-state index contributed by atoms with van der Waals surface area (Å²) in [5.41, 5.74) is 6.60. The molecule has 0 unspecified atom stereocenters. The van der Waals surface area contributed by atoms with Crippen molar-refractivity contribution >= 4 is 23.7 Å². The predicted molar refractivity (Wildman–Crippen MR) is 135 cm³/mol. The summed E-state index contributed by atoms with van der Waals surface area (Å²) in [6.07, 6.45) is -2.78. The second kappa shape index (κ2) is 14.1. The SMILES string of the molecule is COC(=O)[C@H](Cc1ccccc1)NC(=O)[C@H](NC(=O)[C@@H](NC(=O)[C@H](C)N)[C@@H](C)O)[C@@H](O)c1ccccc1. The average Bonchev–Trinajstić information content (AvgIpc) is 2.89. The molecular formula is C26H34N4O7. The third kappa shape index (κ3) is 8.67. The zero-order chi connectivity index (χ0) is 27.5. The highest BCUT2D eigenvalue weighted by Crippen LogP contribution is 2.18. The van der Waals surface area contributed by atoms with E-state index in [9.17, 15) is 29.4 Å². The monoisotopic (exact) mass is 514 g/mol. The van der Waals surface area contributed by atoms with Crippen molar-refractivity contribution in [3.63, 3.8) is 0 Å². The van der Waals surface area contributed by atoms with Crippen LogP contribution in [-0.4, -0.2) is 71.3 Å². The lowest BCUT2D eigenvalue weighted by molar-refractivity contribution is -0.146. The molecule has 0 saturated heterocycles. The molecule has 2 rings (SSSR count). The topological polar surface area (TPSA) is 180 Å². The van der Waals surface area contributed by atoms with E-state index in [1.807, 2.05) is 0 Å². The van der Waals surface area contributed by atoms with E-state index in [1.165, 1.54) is 21.0 Å². The Balaban J connectivity index is 2.33. The lowest BCUT2D eigenvalue weighted by atomic mass is 9.99. The van der Waals surface area contributed by atoms with Crippen molar-refractivity contribution in [1.29, 1.82) is 0 Å². The fraction of sp³-hybridized carbons (Fsp3) is 0.385. The highest BCUT2D eigenvalue weighted by atomic mass is 16.5. The Labute approximate surface area is 215 Å². The number of nitrogens with two attached hydrogens (primary N) is 1. The van der Waals surface area contributed by atoms with E-state index < -0.39 is 60.1 Å². The smallest absolute Gasteiger partial charge is 0.328 e. The van der Waals surface area contributed by atoms with E-state index in [2.05, 4.69) is 16.0 Å². The van der Waals surface area contributed by atoms with Crippen molar-refractivity contribution in [2.45, 2.75) is 56.6 Å². The first-order chi connectivity index (χ1) is 17.5. The van der Waals surface area contributed by atoms with Crippen molar-refractivity contribution in [1.82, 2.24) is 16.0 Å². The van der Waals surface area contributed by atoms with Gasteiger partial charge >= 0.3 is 5.97 Å². The second-order valence-electron chi connectivity index (χ2n) is 8.63. The molecule has 0 heterocycles. The predicted octanol–water partition coefficient (Wildman–Crippen LogP) is -0.682. The van der Waals surface area contributed by atoms with E-state index >= 15 is 0 Å². The normalized spacial score (nSPS) is 15.7. The summed E-state index contributed by atoms with van der Waals surface area (Å²) in [6.45, 7) is 2.68. The van der Waals surface area contributed by atoms with Crippen LogP contribution in [0.5, 0.6) is 0 Å². The maximum Gasteiger partial charge on any atom is 0.328 e. The zero-order valence-corrected chi connectivity index (χ0v) is 21.0. The zero-order valence-electron chi connectivity index (χ0n) is 21.0. The highest BCUT2D eigenvalue weighted by molar-refractivity contribution is 5.94. The molecule has 0 aromatic heterocycles. The minimum absolute atomic E-state index is 0.0993. The number of rotatable bonds is 12. The van der Waals surface area contributed by atoms with Crippen LogP contribution in [0.15, 0.2) is 60.7 Å². The van der Waals surface area contributed by atoms with Gasteiger partial charge in [-0.25, -0.2) is 4.79 Å². The van der Waals surface area contributed by atoms with Gasteiger partial charge in [0.25, 0.3) is 0 Å². The van der Waals surface area contributed by atoms with E-state index in [0.29, 0.717) is 5.56 Å². The highest BCUT2D eigenvalue weighted by Gasteiger charge is 2.36. The molecule has 11 nitrogen and oxygen atoms in total. The van der Waals surface area contributed by atoms with E-state index in [0.717, 1.165) is 5.56 Å². The first kappa shape index (κ1) is 29.4. The number of carbonyl (C=O) groups excluding carboxylic acids is 4. The molecule has 0 aliphatic heterocycles. The van der Waals surface area contributed by atoms with Crippen LogP contribution < -0.4 is 21.7 Å². The summed E-state index contributed by atoms with van der Waals surface area (Å²) in [6, 6.07) is 11.9. The second-order valence-corrected chi connectivity index (χ2v) is 8.63. The van der Waals surface area contributed by atoms with Gasteiger partial charge in [-0.05, 0) is 25.0 Å². The molecule has 3 amide bonds. The summed E-state index contributed by atoms with van der Waals surface area (Å²) < 4.78 is 4.83. The summed E-state index contributed by atoms with van der Waals surface area (Å²) in [5, 5.41) is 28.4. The van der Waals surface area contributed by atoms with Gasteiger partial charge in [-0.2, -0.15) is 0 Å². The molecule has 0 spiro atoms. The minimum atomic E-state index is -1.59. The van der Waals surface area contributed by atoms with E-state index in [-0.39, 0.29) is 6.42 Å². The molecule has 0 aliphatic rings. The number of esters is 1. The standard InChI is InChI=1S/C26H34N4O7/c1-15(27)23(33)29-20(16(2)31)24(34)30-21(22(32)18-12-8-5-9-13-18)25(35)28-19(26(36)37-3)14-17-10-6-4-7-11-17/h4-13,15-16,19-22,31-32H,14,27H2,1-3H3,(H,28,35)(H,29,33)(H,30,34)/t15-,16+,19-,20-,21+,22-/m0/s1. The maximum absolute atomic E-state index is 13.4. The number of ether oxygens (including phenoxy) is 1. The molecule has 2 aromatic carbocycles. The third-order valence-electron chi connectivity index (χ3n) is 5.60. The van der Waals surface area contributed by atoms with Crippen LogP contribution >= 0.6 is 0 Å². The van der Waals surface area contributed by atoms with Gasteiger partial charge in [-0.3, -0.25) is 14.4 Å². The van der Waals surface area contributed by atoms with Crippen LogP contribution in [0.2, 0.25) is 0 Å². The average molecular weight is 515 g/mol. The van der Waals surface area contributed by atoms with Gasteiger partial charge in [-0.15, -0.1) is 0 Å². The Morgan fingerprint density at radius 3 is 1.84 bits per heavy atom. The number of aliphatic hydroxyl groups excluding tert-OH is 2. The van der Waals surface area contributed by atoms with Gasteiger partial charge in [0.05, 0.1) is 19.3 Å². The Kier molecular flexibility index (Phi) is 11.2. The Morgan fingerprint density at radius 2 is 1.32 bits per heavy atom. The summed E-state index contributed by atoms with van der Waals surface area (Å²) in [5.74, 6) is -3.22. The van der Waals surface area contributed by atoms with Crippen LogP contribution in [0.3, 0.4) is 0 Å². The van der Waals surface area contributed by atoms with Gasteiger partial charge in [0, 0.05) is 6.42 Å². The summed E-state index contributed by atoms with van der Waals surface area (Å²) in [7, 11) is 1.18. The van der Waals surface area contributed by atoms with Crippen molar-refractivity contribution < 1.29 is 34.1 Å². The van der Waals surface area contributed by atoms with E-state index in [1.54, 1.807) is 60.7 Å². The van der Waals surface area contributed by atoms with Gasteiger partial charge < -0.3 is 36.6 Å². The van der Waals surface area contributed by atoms with Crippen molar-refractivity contribution in [3.05, 3.63) is 71.8 Å². The molecular weight excluding hydrogens is 480 g/mol. The fourth-order valence-electron chi connectivity index (χ4n) is 3.51. The summed E-state index contributed by atoms with van der Waals surface area (Å²) >= 11 is 0. The van der Waals surface area contributed by atoms with Crippen LogP contribution in [0.25, 0.3) is 0 Å². The molecule has 2 aromatic rings. The minimum Gasteiger partial charge on any atom is -0.467 e. The molecule has 0 fully saturated rings. The quantitative estimate of drug-likeness (QED) is 0.202. The van der Waals surface area contributed by atoms with Crippen LogP contribution in [0, 0.1) is 0 Å². The van der Waals surface area contributed by atoms with Gasteiger partial charge in [0.15, 0.2) is 0 Å². The lowest BCUT2D eigenvalue weighted by Gasteiger charge is -2.29. The van der Waals surface area contributed by atoms with Crippen molar-refractivity contribution in [2.75, 3.05) is 7.11 Å². The number of amides is 3. The maximum atomic E-state index is 13.4. The lowest BCUT2D eigenvalue weighted by Crippen LogP contribution is -2.60. The van der Waals surface area contributed by atoms with Gasteiger partial charge in [0.2, 0.25) is 17.7 Å². The Morgan fingerprint density at radius 1 is 0.811 bits per heavy atom. The first-order valence-electron chi connectivity index (χ1n) is 11.7. The Bertz CT molecular complexity index is 1050. The number of benzene rings is 2. The number of nitrogens with one attached hydrogen (secondary N) is 3. The number of hydrogen-bond acceptors (Lipinski definition) is 8. The number of carbonyl (C=O) groups is 4. The molecule has 7 N–H and O–H groups in total. The summed E-state index contributed by atoms with van der Waals surface area (Å²) in [4.78, 5) is 50.9. The molecule has 0 radical (unpaired) electrons. The Hall–Kier alpha value is -3.80. The number of aliphatic hydroxyl groups is 2. The van der Waals surface area contributed by atoms with Crippen molar-refractivity contribution in [2.24, 2.45) is 5.73 Å². The van der Waals surface area contributed by atoms with Gasteiger partial charge in [-0.1, -0.05) is 60.7 Å². The largest absolute Gasteiger partial charge is 0.467 e. The molecule has 6 atom stereocenters. The van der Waals surface area contributed by atoms with Crippen LogP contribution in [0.4, 0.5) is 0 Å². The van der Waals surface area contributed by atoms with Gasteiger partial charge in [0.1, 0.15) is 24.2 Å². The molecule has 0 bridgehead atoms. The molecule has 200 valence electrons. The number of methoxy groups -OCH3 is 1. The van der Waals surface area contributed by atoms with Crippen molar-refractivity contribution in [3.8, 4) is 0 Å². The third-order valence-corrected chi connectivity index (χ3v) is 5.60.